The van der Waals surface area contributed by atoms with Crippen LogP contribution in [-0.4, -0.2) is 25.6 Å². The largest absolute Gasteiger partial charge is 0.466 e. The molecule has 0 fully saturated rings. The maximum Gasteiger partial charge on any atom is 0.310 e. The molecule has 5 nitrogen and oxygen atoms in total. The van der Waals surface area contributed by atoms with Crippen LogP contribution in [0.15, 0.2) is 47.6 Å². The summed E-state index contributed by atoms with van der Waals surface area (Å²) in [5.41, 5.74) is 2.26. The molecule has 0 spiro atoms. The smallest absolute Gasteiger partial charge is 0.310 e. The Labute approximate surface area is 152 Å². The molecule has 0 saturated heterocycles. The van der Waals surface area contributed by atoms with E-state index < -0.39 is 0 Å². The molecule has 0 bridgehead atoms. The lowest BCUT2D eigenvalue weighted by Gasteiger charge is -2.14. The minimum atomic E-state index is -0.311. The van der Waals surface area contributed by atoms with E-state index >= 15 is 0 Å². The quantitative estimate of drug-likeness (QED) is 0.336. The van der Waals surface area contributed by atoms with Crippen LogP contribution >= 0.6 is 11.6 Å². The normalized spacial score (nSPS) is 11.1. The fraction of sp³-hybridized carbons (Fsp3) is 0.263. The van der Waals surface area contributed by atoms with Gasteiger partial charge in [0, 0.05) is 10.6 Å². The van der Waals surface area contributed by atoms with Gasteiger partial charge in [-0.3, -0.25) is 4.79 Å². The zero-order valence-corrected chi connectivity index (χ0v) is 15.2. The maximum atomic E-state index is 11.8. The highest BCUT2D eigenvalue weighted by molar-refractivity contribution is 6.30. The highest BCUT2D eigenvalue weighted by atomic mass is 35.5. The lowest BCUT2D eigenvalue weighted by Crippen LogP contribution is -2.16. The van der Waals surface area contributed by atoms with Crippen LogP contribution in [0.3, 0.4) is 0 Å². The summed E-state index contributed by atoms with van der Waals surface area (Å²) < 4.78 is 10.9. The fourth-order valence-electron chi connectivity index (χ4n) is 2.29. The third-order valence-corrected chi connectivity index (χ3v) is 3.64. The molecule has 25 heavy (non-hydrogen) atoms. The Balaban J connectivity index is 2.34. The molecule has 2 aromatic carbocycles. The van der Waals surface area contributed by atoms with E-state index in [1.807, 2.05) is 31.2 Å². The average Bonchev–Trinajstić information content (AvgIpc) is 2.57. The van der Waals surface area contributed by atoms with Gasteiger partial charge in [-0.2, -0.15) is 0 Å². The number of halogens is 1. The van der Waals surface area contributed by atoms with Gasteiger partial charge in [0.2, 0.25) is 0 Å². The number of ether oxygens (including phenoxy) is 2. The molecule has 0 atom stereocenters. The van der Waals surface area contributed by atoms with Crippen molar-refractivity contribution >= 4 is 23.5 Å². The van der Waals surface area contributed by atoms with Gasteiger partial charge in [-0.05, 0) is 54.4 Å². The first-order chi connectivity index (χ1) is 12.0. The zero-order chi connectivity index (χ0) is 18.2. The Morgan fingerprint density at radius 3 is 2.64 bits per heavy atom. The van der Waals surface area contributed by atoms with E-state index in [2.05, 4.69) is 5.16 Å². The Kier molecular flexibility index (Phi) is 6.83. The molecule has 2 rings (SSSR count). The number of benzene rings is 2. The second-order valence-electron chi connectivity index (χ2n) is 5.23. The first-order valence-electron chi connectivity index (χ1n) is 7.84. The van der Waals surface area contributed by atoms with Crippen LogP contribution in [-0.2, 0) is 20.8 Å². The fourth-order valence-corrected chi connectivity index (χ4v) is 2.51. The van der Waals surface area contributed by atoms with Gasteiger partial charge in [0.15, 0.2) is 0 Å². The Bertz CT molecular complexity index is 774. The molecule has 0 aromatic heterocycles. The summed E-state index contributed by atoms with van der Waals surface area (Å²) in [7, 11) is 1.44. The van der Waals surface area contributed by atoms with Crippen LogP contribution in [0.5, 0.6) is 5.75 Å². The van der Waals surface area contributed by atoms with E-state index in [-0.39, 0.29) is 18.3 Å². The van der Waals surface area contributed by atoms with Crippen LogP contribution in [0.2, 0.25) is 5.02 Å². The summed E-state index contributed by atoms with van der Waals surface area (Å²) in [4.78, 5) is 16.8. The first kappa shape index (κ1) is 18.8. The van der Waals surface area contributed by atoms with E-state index in [9.17, 15) is 4.79 Å². The van der Waals surface area contributed by atoms with Crippen molar-refractivity contribution in [3.63, 3.8) is 0 Å². The van der Waals surface area contributed by atoms with Crippen molar-refractivity contribution in [2.45, 2.75) is 20.3 Å². The number of nitrogens with zero attached hydrogens (tertiary/aromatic N) is 1. The van der Waals surface area contributed by atoms with E-state index in [1.165, 1.54) is 7.11 Å². The standard InChI is InChI=1S/C19H20ClNO4/c1-4-24-18(22)12-14-7-5-6-8-16(14)19(21-23-3)25-17-10-9-15(20)11-13(17)2/h5-11H,4,12H2,1-3H3/b21-19+. The summed E-state index contributed by atoms with van der Waals surface area (Å²) in [6, 6.07) is 12.6. The Hall–Kier alpha value is -2.53. The van der Waals surface area contributed by atoms with Crippen molar-refractivity contribution in [3.05, 3.63) is 64.2 Å². The summed E-state index contributed by atoms with van der Waals surface area (Å²) in [6.07, 6.45) is 0.121. The molecule has 0 N–H and O–H groups in total. The topological polar surface area (TPSA) is 57.1 Å². The Morgan fingerprint density at radius 1 is 1.20 bits per heavy atom. The van der Waals surface area contributed by atoms with Crippen molar-refractivity contribution < 1.29 is 19.1 Å². The van der Waals surface area contributed by atoms with E-state index in [0.717, 1.165) is 11.1 Å². The van der Waals surface area contributed by atoms with Gasteiger partial charge in [-0.25, -0.2) is 0 Å². The number of carbonyl (C=O) groups excluding carboxylic acids is 1. The van der Waals surface area contributed by atoms with Gasteiger partial charge in [0.25, 0.3) is 5.90 Å². The third-order valence-electron chi connectivity index (χ3n) is 3.41. The number of oxime groups is 1. The highest BCUT2D eigenvalue weighted by Crippen LogP contribution is 2.24. The lowest BCUT2D eigenvalue weighted by atomic mass is 10.0. The highest BCUT2D eigenvalue weighted by Gasteiger charge is 2.16. The summed E-state index contributed by atoms with van der Waals surface area (Å²) in [6.45, 7) is 3.99. The molecule has 6 heteroatoms. The molecule has 0 aliphatic carbocycles. The molecule has 132 valence electrons. The molecule has 0 saturated carbocycles. The molecule has 0 aliphatic rings. The summed E-state index contributed by atoms with van der Waals surface area (Å²) in [5.74, 6) is 0.549. The Morgan fingerprint density at radius 2 is 1.96 bits per heavy atom. The van der Waals surface area contributed by atoms with Gasteiger partial charge in [0.1, 0.15) is 12.9 Å². The predicted octanol–water partition coefficient (Wildman–Crippen LogP) is 4.14. The van der Waals surface area contributed by atoms with Crippen LogP contribution in [0, 0.1) is 6.92 Å². The van der Waals surface area contributed by atoms with E-state index in [0.29, 0.717) is 22.9 Å². The van der Waals surface area contributed by atoms with Crippen molar-refractivity contribution in [1.29, 1.82) is 0 Å². The van der Waals surface area contributed by atoms with Crippen LogP contribution in [0.1, 0.15) is 23.6 Å². The van der Waals surface area contributed by atoms with Crippen molar-refractivity contribution in [3.8, 4) is 5.75 Å². The van der Waals surface area contributed by atoms with Gasteiger partial charge < -0.3 is 14.3 Å². The molecule has 0 aliphatic heterocycles. The zero-order valence-electron chi connectivity index (χ0n) is 14.4. The number of hydrogen-bond donors (Lipinski definition) is 0. The van der Waals surface area contributed by atoms with Crippen LogP contribution < -0.4 is 4.74 Å². The van der Waals surface area contributed by atoms with Crippen LogP contribution in [0.25, 0.3) is 0 Å². The molecule has 2 aromatic rings. The van der Waals surface area contributed by atoms with Gasteiger partial charge >= 0.3 is 5.97 Å². The molecule has 0 heterocycles. The third kappa shape index (κ3) is 5.22. The number of aryl methyl sites for hydroxylation is 1. The maximum absolute atomic E-state index is 11.8. The van der Waals surface area contributed by atoms with Gasteiger partial charge in [-0.1, -0.05) is 29.8 Å². The number of esters is 1. The number of carbonyl (C=O) groups is 1. The van der Waals surface area contributed by atoms with E-state index in [4.69, 9.17) is 25.9 Å². The lowest BCUT2D eigenvalue weighted by molar-refractivity contribution is -0.142. The minimum Gasteiger partial charge on any atom is -0.466 e. The number of hydrogen-bond acceptors (Lipinski definition) is 5. The summed E-state index contributed by atoms with van der Waals surface area (Å²) >= 11 is 5.98. The minimum absolute atomic E-state index is 0.121. The predicted molar refractivity (Wildman–Crippen MR) is 97.1 cm³/mol. The average molecular weight is 362 g/mol. The second kappa shape index (κ2) is 9.08. The first-order valence-corrected chi connectivity index (χ1v) is 8.22. The van der Waals surface area contributed by atoms with Gasteiger partial charge in [0.05, 0.1) is 13.0 Å². The SMILES string of the molecule is CCOC(=O)Cc1ccccc1/C(=N\OC)Oc1ccc(Cl)cc1C. The molecular weight excluding hydrogens is 342 g/mol. The molecule has 0 radical (unpaired) electrons. The van der Waals surface area contributed by atoms with Gasteiger partial charge in [-0.15, -0.1) is 0 Å². The molecular formula is C19H20ClNO4. The summed E-state index contributed by atoms with van der Waals surface area (Å²) in [5, 5.41) is 4.60. The van der Waals surface area contributed by atoms with E-state index in [1.54, 1.807) is 25.1 Å². The van der Waals surface area contributed by atoms with Crippen molar-refractivity contribution in [2.75, 3.05) is 13.7 Å². The monoisotopic (exact) mass is 361 g/mol. The number of rotatable bonds is 6. The molecule has 0 amide bonds. The molecule has 0 unspecified atom stereocenters. The van der Waals surface area contributed by atoms with Crippen LogP contribution in [0.4, 0.5) is 0 Å². The second-order valence-corrected chi connectivity index (χ2v) is 5.67. The van der Waals surface area contributed by atoms with Crippen molar-refractivity contribution in [2.24, 2.45) is 5.16 Å². The van der Waals surface area contributed by atoms with Crippen molar-refractivity contribution in [1.82, 2.24) is 0 Å².